The van der Waals surface area contributed by atoms with E-state index in [0.717, 1.165) is 5.56 Å². The van der Waals surface area contributed by atoms with Crippen LogP contribution in [-0.2, 0) is 28.6 Å². The molecule has 3 fully saturated rings. The molecule has 8 atom stereocenters. The molecule has 2 saturated carbocycles. The molecule has 0 radical (unpaired) electrons. The quantitative estimate of drug-likeness (QED) is 0.404. The molecule has 1 unspecified atom stereocenters. The average molecular weight is 461 g/mol. The Kier molecular flexibility index (Phi) is 6.16. The highest BCUT2D eigenvalue weighted by Crippen LogP contribution is 2.66. The number of methoxy groups -OCH3 is 1. The molecular formula is C25H32O8. The minimum Gasteiger partial charge on any atom is -0.472 e. The van der Waals surface area contributed by atoms with Crippen LogP contribution in [0.4, 0.5) is 0 Å². The van der Waals surface area contributed by atoms with Gasteiger partial charge in [0.25, 0.3) is 0 Å². The van der Waals surface area contributed by atoms with Gasteiger partial charge in [-0.05, 0) is 36.2 Å². The molecule has 0 aromatic carbocycles. The van der Waals surface area contributed by atoms with E-state index in [0.29, 0.717) is 19.3 Å². The second-order valence-corrected chi connectivity index (χ2v) is 10.1. The molecule has 0 amide bonds. The molecule has 3 aliphatic rings. The number of aliphatic hydroxyl groups excluding tert-OH is 1. The molecule has 1 N–H and O–H groups in total. The van der Waals surface area contributed by atoms with Crippen molar-refractivity contribution in [2.45, 2.75) is 64.3 Å². The van der Waals surface area contributed by atoms with Gasteiger partial charge in [-0.3, -0.25) is 14.4 Å². The third-order valence-electron chi connectivity index (χ3n) is 8.34. The number of esters is 3. The van der Waals surface area contributed by atoms with E-state index in [2.05, 4.69) is 6.58 Å². The van der Waals surface area contributed by atoms with Crippen molar-refractivity contribution >= 4 is 17.9 Å². The van der Waals surface area contributed by atoms with Crippen LogP contribution >= 0.6 is 0 Å². The first-order chi connectivity index (χ1) is 15.7. The van der Waals surface area contributed by atoms with Crippen LogP contribution in [0.1, 0.15) is 57.6 Å². The Hall–Kier alpha value is -2.61. The fourth-order valence-electron chi connectivity index (χ4n) is 6.86. The summed E-state index contributed by atoms with van der Waals surface area (Å²) < 4.78 is 21.7. The molecule has 0 spiro atoms. The number of hydrogen-bond donors (Lipinski definition) is 1. The summed E-state index contributed by atoms with van der Waals surface area (Å²) >= 11 is 0. The molecule has 1 aromatic heterocycles. The monoisotopic (exact) mass is 460 g/mol. The molecule has 8 heteroatoms. The maximum atomic E-state index is 13.1. The van der Waals surface area contributed by atoms with Crippen LogP contribution in [0.25, 0.3) is 0 Å². The smallest absolute Gasteiger partial charge is 0.310 e. The SMILES string of the molecule is C=CCC(=O)O[C@H]1C[C@@H](C(=O)OC)[C@]2(C)CC[C@H]3C(=O)O[C@@H](c4ccoc4)C[C@]3(C)[C@H]2C1O. The summed E-state index contributed by atoms with van der Waals surface area (Å²) in [5.74, 6) is -2.74. The predicted molar refractivity (Wildman–Crippen MR) is 115 cm³/mol. The summed E-state index contributed by atoms with van der Waals surface area (Å²) in [6.45, 7) is 7.52. The van der Waals surface area contributed by atoms with Gasteiger partial charge in [-0.25, -0.2) is 0 Å². The third-order valence-corrected chi connectivity index (χ3v) is 8.34. The zero-order chi connectivity index (χ0) is 24.0. The Morgan fingerprint density at radius 3 is 2.73 bits per heavy atom. The van der Waals surface area contributed by atoms with Crippen molar-refractivity contribution in [2.75, 3.05) is 7.11 Å². The van der Waals surface area contributed by atoms with Crippen LogP contribution < -0.4 is 0 Å². The van der Waals surface area contributed by atoms with Crippen molar-refractivity contribution in [3.63, 3.8) is 0 Å². The van der Waals surface area contributed by atoms with Crippen LogP contribution in [0.3, 0.4) is 0 Å². The highest BCUT2D eigenvalue weighted by Gasteiger charge is 2.67. The lowest BCUT2D eigenvalue weighted by Crippen LogP contribution is -2.66. The highest BCUT2D eigenvalue weighted by molar-refractivity contribution is 5.77. The van der Waals surface area contributed by atoms with Gasteiger partial charge in [-0.1, -0.05) is 19.9 Å². The molecule has 2 heterocycles. The van der Waals surface area contributed by atoms with E-state index in [1.807, 2.05) is 13.8 Å². The normalized spacial score (nSPS) is 40.1. The summed E-state index contributed by atoms with van der Waals surface area (Å²) in [7, 11) is 1.34. The largest absolute Gasteiger partial charge is 0.472 e. The van der Waals surface area contributed by atoms with Crippen molar-refractivity contribution in [2.24, 2.45) is 28.6 Å². The summed E-state index contributed by atoms with van der Waals surface area (Å²) in [5.41, 5.74) is -0.587. The lowest BCUT2D eigenvalue weighted by atomic mass is 9.42. The maximum Gasteiger partial charge on any atom is 0.310 e. The van der Waals surface area contributed by atoms with Crippen molar-refractivity contribution in [1.82, 2.24) is 0 Å². The standard InChI is InChI=1S/C25H32O8/c1-5-6-19(26)32-17-11-16(22(28)30-4)24(2)9-7-15-23(29)33-18(14-8-10-31-13-14)12-25(15,3)21(24)20(17)27/h5,8,10,13,15-18,20-21,27H,1,6-7,9,11-12H2,2-4H3/t15-,16-,17-,18+,20?,21-,24-,25-/m0/s1. The molecule has 33 heavy (non-hydrogen) atoms. The molecule has 2 aliphatic carbocycles. The van der Waals surface area contributed by atoms with E-state index >= 15 is 0 Å². The van der Waals surface area contributed by atoms with E-state index < -0.39 is 58.8 Å². The van der Waals surface area contributed by atoms with Gasteiger partial charge in [0.1, 0.15) is 12.2 Å². The first-order valence-corrected chi connectivity index (χ1v) is 11.4. The average Bonchev–Trinajstić information content (AvgIpc) is 3.29. The molecule has 8 nitrogen and oxygen atoms in total. The fourth-order valence-corrected chi connectivity index (χ4v) is 6.86. The number of ether oxygens (including phenoxy) is 3. The lowest BCUT2D eigenvalue weighted by molar-refractivity contribution is -0.240. The van der Waals surface area contributed by atoms with Crippen molar-refractivity contribution in [3.05, 3.63) is 36.8 Å². The second-order valence-electron chi connectivity index (χ2n) is 10.1. The van der Waals surface area contributed by atoms with Gasteiger partial charge < -0.3 is 23.7 Å². The van der Waals surface area contributed by atoms with Gasteiger partial charge in [0.05, 0.1) is 44.0 Å². The van der Waals surface area contributed by atoms with Crippen LogP contribution in [0.15, 0.2) is 35.7 Å². The first-order valence-electron chi connectivity index (χ1n) is 11.4. The molecule has 1 aromatic rings. The molecule has 0 bridgehead atoms. The molecular weight excluding hydrogens is 428 g/mol. The number of carbonyl (C=O) groups excluding carboxylic acids is 3. The van der Waals surface area contributed by atoms with Gasteiger partial charge in [0, 0.05) is 17.9 Å². The Morgan fingerprint density at radius 1 is 1.33 bits per heavy atom. The Bertz CT molecular complexity index is 923. The van der Waals surface area contributed by atoms with Gasteiger partial charge in [-0.2, -0.15) is 0 Å². The minimum absolute atomic E-state index is 0.00281. The number of carbonyl (C=O) groups is 3. The number of furan rings is 1. The van der Waals surface area contributed by atoms with Gasteiger partial charge >= 0.3 is 17.9 Å². The van der Waals surface area contributed by atoms with Crippen LogP contribution in [0, 0.1) is 28.6 Å². The summed E-state index contributed by atoms with van der Waals surface area (Å²) in [5, 5.41) is 11.6. The van der Waals surface area contributed by atoms with Gasteiger partial charge in [0.2, 0.25) is 0 Å². The van der Waals surface area contributed by atoms with Crippen LogP contribution in [0.5, 0.6) is 0 Å². The lowest BCUT2D eigenvalue weighted by Gasteiger charge is -2.63. The van der Waals surface area contributed by atoms with Crippen molar-refractivity contribution < 1.29 is 38.1 Å². The fraction of sp³-hybridized carbons (Fsp3) is 0.640. The van der Waals surface area contributed by atoms with Gasteiger partial charge in [0.15, 0.2) is 0 Å². The molecule has 4 rings (SSSR count). The van der Waals surface area contributed by atoms with Gasteiger partial charge in [-0.15, -0.1) is 6.58 Å². The van der Waals surface area contributed by atoms with E-state index in [1.165, 1.54) is 19.4 Å². The number of hydrogen-bond acceptors (Lipinski definition) is 8. The van der Waals surface area contributed by atoms with Crippen LogP contribution in [0.2, 0.25) is 0 Å². The summed E-state index contributed by atoms with van der Waals surface area (Å²) in [6.07, 6.45) is 3.78. The Labute approximate surface area is 193 Å². The van der Waals surface area contributed by atoms with E-state index in [9.17, 15) is 19.5 Å². The van der Waals surface area contributed by atoms with Crippen molar-refractivity contribution in [3.8, 4) is 0 Å². The number of rotatable bonds is 5. The summed E-state index contributed by atoms with van der Waals surface area (Å²) in [6, 6.07) is 1.76. The summed E-state index contributed by atoms with van der Waals surface area (Å²) in [4.78, 5) is 38.3. The predicted octanol–water partition coefficient (Wildman–Crippen LogP) is 3.35. The highest BCUT2D eigenvalue weighted by atomic mass is 16.6. The zero-order valence-electron chi connectivity index (χ0n) is 19.3. The van der Waals surface area contributed by atoms with Crippen LogP contribution in [-0.4, -0.2) is 42.3 Å². The number of fused-ring (bicyclic) bond motifs is 3. The first kappa shape index (κ1) is 23.5. The van der Waals surface area contributed by atoms with E-state index in [4.69, 9.17) is 18.6 Å². The van der Waals surface area contributed by atoms with E-state index in [-0.39, 0.29) is 18.8 Å². The molecule has 180 valence electrons. The topological polar surface area (TPSA) is 112 Å². The zero-order valence-corrected chi connectivity index (χ0v) is 19.3. The molecule has 1 aliphatic heterocycles. The Morgan fingerprint density at radius 2 is 2.09 bits per heavy atom. The van der Waals surface area contributed by atoms with Crippen molar-refractivity contribution in [1.29, 1.82) is 0 Å². The number of cyclic esters (lactones) is 1. The maximum absolute atomic E-state index is 13.1. The Balaban J connectivity index is 1.76. The number of aliphatic hydroxyl groups is 1. The van der Waals surface area contributed by atoms with E-state index in [1.54, 1.807) is 12.3 Å². The minimum atomic E-state index is -1.05. The second kappa shape index (κ2) is 8.63. The third kappa shape index (κ3) is 3.78. The molecule has 1 saturated heterocycles.